The molecule has 2 aromatic carbocycles. The molecule has 1 unspecified atom stereocenters. The zero-order chi connectivity index (χ0) is 31.6. The van der Waals surface area contributed by atoms with E-state index in [9.17, 15) is 24.6 Å². The fourth-order valence-electron chi connectivity index (χ4n) is 7.76. The minimum atomic E-state index is -0.997. The minimum absolute atomic E-state index is 0.0342. The quantitative estimate of drug-likeness (QED) is 0.540. The molecule has 2 aromatic rings. The third-order valence-corrected chi connectivity index (χ3v) is 9.81. The van der Waals surface area contributed by atoms with E-state index in [4.69, 9.17) is 4.74 Å². The van der Waals surface area contributed by atoms with Gasteiger partial charge in [-0.25, -0.2) is 4.79 Å². The number of rotatable bonds is 4. The number of amides is 3. The van der Waals surface area contributed by atoms with E-state index < -0.39 is 29.3 Å². The summed E-state index contributed by atoms with van der Waals surface area (Å²) in [6, 6.07) is 12.8. The Morgan fingerprint density at radius 1 is 1.05 bits per heavy atom. The fraction of sp³-hybridized carbons (Fsp3) is 0.571. The Morgan fingerprint density at radius 3 is 2.36 bits per heavy atom. The number of aliphatic hydroxyl groups is 2. The first-order valence-electron chi connectivity index (χ1n) is 15.9. The van der Waals surface area contributed by atoms with Gasteiger partial charge in [-0.05, 0) is 87.8 Å². The molecule has 236 valence electrons. The average Bonchev–Trinajstić information content (AvgIpc) is 3.23. The summed E-state index contributed by atoms with van der Waals surface area (Å²) < 4.78 is 5.71. The smallest absolute Gasteiger partial charge is 0.410 e. The summed E-state index contributed by atoms with van der Waals surface area (Å²) in [5, 5.41) is 21.8. The Bertz CT molecular complexity index is 1450. The maximum absolute atomic E-state index is 13.8. The highest BCUT2D eigenvalue weighted by molar-refractivity contribution is 6.00. The van der Waals surface area contributed by atoms with Crippen LogP contribution in [0.5, 0.6) is 0 Å². The number of ether oxygens (including phenoxy) is 1. The Hall–Kier alpha value is -3.43. The van der Waals surface area contributed by atoms with Crippen LogP contribution < -0.4 is 0 Å². The van der Waals surface area contributed by atoms with E-state index in [-0.39, 0.29) is 36.5 Å². The number of benzene rings is 2. The van der Waals surface area contributed by atoms with Crippen molar-refractivity contribution in [2.24, 2.45) is 0 Å². The first kappa shape index (κ1) is 30.6. The van der Waals surface area contributed by atoms with Gasteiger partial charge in [0.05, 0.1) is 18.2 Å². The van der Waals surface area contributed by atoms with Crippen LogP contribution in [0.25, 0.3) is 0 Å². The number of carbonyl (C=O) groups excluding carboxylic acids is 3. The molecule has 9 nitrogen and oxygen atoms in total. The highest BCUT2D eigenvalue weighted by Crippen LogP contribution is 2.39. The topological polar surface area (TPSA) is 111 Å². The number of aliphatic hydroxyl groups excluding tert-OH is 2. The molecule has 4 heterocycles. The van der Waals surface area contributed by atoms with E-state index >= 15 is 0 Å². The van der Waals surface area contributed by atoms with E-state index in [1.54, 1.807) is 21.9 Å². The van der Waals surface area contributed by atoms with Gasteiger partial charge in [0.1, 0.15) is 5.60 Å². The van der Waals surface area contributed by atoms with Crippen molar-refractivity contribution < 1.29 is 29.3 Å². The maximum atomic E-state index is 13.8. The summed E-state index contributed by atoms with van der Waals surface area (Å²) in [6.45, 7) is 10.3. The van der Waals surface area contributed by atoms with Crippen LogP contribution >= 0.6 is 0 Å². The van der Waals surface area contributed by atoms with Gasteiger partial charge >= 0.3 is 6.09 Å². The van der Waals surface area contributed by atoms with Crippen molar-refractivity contribution in [3.63, 3.8) is 0 Å². The second kappa shape index (κ2) is 11.2. The van der Waals surface area contributed by atoms with E-state index in [0.717, 1.165) is 29.5 Å². The molecule has 2 saturated heterocycles. The molecule has 44 heavy (non-hydrogen) atoms. The lowest BCUT2D eigenvalue weighted by atomic mass is 9.77. The number of carbonyl (C=O) groups is 3. The van der Waals surface area contributed by atoms with Gasteiger partial charge in [0.2, 0.25) is 0 Å². The highest BCUT2D eigenvalue weighted by Gasteiger charge is 2.45. The first-order valence-corrected chi connectivity index (χ1v) is 15.9. The molecule has 6 rings (SSSR count). The van der Waals surface area contributed by atoms with Crippen LogP contribution in [0, 0.1) is 0 Å². The maximum Gasteiger partial charge on any atom is 0.410 e. The van der Waals surface area contributed by atoms with Gasteiger partial charge in [-0.1, -0.05) is 38.1 Å². The van der Waals surface area contributed by atoms with Gasteiger partial charge in [-0.15, -0.1) is 0 Å². The molecular formula is C35H45N3O6. The van der Waals surface area contributed by atoms with Gasteiger partial charge < -0.3 is 24.7 Å². The normalized spacial score (nSPS) is 26.6. The lowest BCUT2D eigenvalue weighted by Gasteiger charge is -2.44. The van der Waals surface area contributed by atoms with Crippen LogP contribution in [0.2, 0.25) is 0 Å². The number of hydrogen-bond donors (Lipinski definition) is 2. The van der Waals surface area contributed by atoms with Crippen LogP contribution in [0.3, 0.4) is 0 Å². The summed E-state index contributed by atoms with van der Waals surface area (Å²) >= 11 is 0. The number of hydrogen-bond acceptors (Lipinski definition) is 6. The molecule has 4 aliphatic heterocycles. The largest absolute Gasteiger partial charge is 0.444 e. The van der Waals surface area contributed by atoms with Crippen LogP contribution in [-0.2, 0) is 23.1 Å². The molecule has 9 heteroatoms. The van der Waals surface area contributed by atoms with Gasteiger partial charge in [-0.2, -0.15) is 0 Å². The summed E-state index contributed by atoms with van der Waals surface area (Å²) in [5.74, 6) is -0.230. The monoisotopic (exact) mass is 603 g/mol. The molecule has 2 N–H and O–H groups in total. The van der Waals surface area contributed by atoms with Crippen molar-refractivity contribution in [2.75, 3.05) is 13.1 Å². The van der Waals surface area contributed by atoms with Crippen molar-refractivity contribution >= 4 is 17.9 Å². The fourth-order valence-corrected chi connectivity index (χ4v) is 7.76. The Morgan fingerprint density at radius 2 is 1.70 bits per heavy atom. The summed E-state index contributed by atoms with van der Waals surface area (Å²) in [7, 11) is 0. The van der Waals surface area contributed by atoms with Crippen molar-refractivity contribution in [3.05, 3.63) is 70.3 Å². The van der Waals surface area contributed by atoms with Gasteiger partial charge in [-0.3, -0.25) is 14.5 Å². The zero-order valence-corrected chi connectivity index (χ0v) is 26.5. The van der Waals surface area contributed by atoms with Gasteiger partial charge in [0.15, 0.2) is 0 Å². The average molecular weight is 604 g/mol. The molecule has 2 bridgehead atoms. The highest BCUT2D eigenvalue weighted by atomic mass is 16.6. The van der Waals surface area contributed by atoms with E-state index in [2.05, 4.69) is 13.8 Å². The molecule has 0 aliphatic carbocycles. The molecule has 0 saturated carbocycles. The first-order chi connectivity index (χ1) is 20.7. The molecule has 0 radical (unpaired) electrons. The zero-order valence-electron chi connectivity index (χ0n) is 26.5. The number of nitrogens with zero attached hydrogens (tertiary/aromatic N) is 3. The molecule has 0 aromatic heterocycles. The van der Waals surface area contributed by atoms with Gasteiger partial charge in [0.25, 0.3) is 11.8 Å². The standard InChI is InChI=1S/C35H45N3O6/c1-34(2,3)44-33(43)37-18-23-9-7-6-8-21(23)15-29(37)30(40)19-36-20-35(4,5)28-14-22(10-13-27(28)32(36)42)31(41)38-24-11-12-25(38)17-26(39)16-24/h6-10,13-14,24-26,29-30,39-40H,11-12,15-20H2,1-5H3/t24-,25+,26?,29-,30+/m0/s1. The van der Waals surface area contributed by atoms with Crippen molar-refractivity contribution in [1.29, 1.82) is 0 Å². The van der Waals surface area contributed by atoms with E-state index in [1.165, 1.54) is 0 Å². The van der Waals surface area contributed by atoms with Crippen LogP contribution in [0.15, 0.2) is 42.5 Å². The number of β-amino-alcohol motifs (C(OH)–C–C–N with tert-alkyl or cyclic N) is 1. The van der Waals surface area contributed by atoms with Crippen LogP contribution in [0.4, 0.5) is 4.79 Å². The van der Waals surface area contributed by atoms with Crippen molar-refractivity contribution in [1.82, 2.24) is 14.7 Å². The Balaban J connectivity index is 1.22. The third kappa shape index (κ3) is 5.72. The lowest BCUT2D eigenvalue weighted by Crippen LogP contribution is -2.57. The second-order valence-electron chi connectivity index (χ2n) is 14.8. The third-order valence-electron chi connectivity index (χ3n) is 9.81. The number of fused-ring (bicyclic) bond motifs is 4. The minimum Gasteiger partial charge on any atom is -0.444 e. The van der Waals surface area contributed by atoms with E-state index in [0.29, 0.717) is 43.5 Å². The van der Waals surface area contributed by atoms with E-state index in [1.807, 2.05) is 56.0 Å². The molecule has 4 aliphatic rings. The van der Waals surface area contributed by atoms with Crippen LogP contribution in [-0.4, -0.2) is 91.8 Å². The molecule has 5 atom stereocenters. The lowest BCUT2D eigenvalue weighted by molar-refractivity contribution is -0.0193. The van der Waals surface area contributed by atoms with Gasteiger partial charge in [0, 0.05) is 48.3 Å². The SMILES string of the molecule is CC(C)(C)OC(=O)N1Cc2ccccc2C[C@H]1[C@H](O)CN1CC(C)(C)c2cc(C(=O)N3[C@@H]4CC[C@H]3CC(O)C4)ccc2C1=O. The summed E-state index contributed by atoms with van der Waals surface area (Å²) in [5.41, 5.74) is 2.85. The predicted octanol–water partition coefficient (Wildman–Crippen LogP) is 4.27. The molecular weight excluding hydrogens is 558 g/mol. The molecule has 0 spiro atoms. The molecule has 2 fully saturated rings. The summed E-state index contributed by atoms with van der Waals surface area (Å²) in [4.78, 5) is 46.0. The van der Waals surface area contributed by atoms with Crippen molar-refractivity contribution in [2.45, 2.75) is 115 Å². The van der Waals surface area contributed by atoms with Crippen LogP contribution in [0.1, 0.15) is 97.7 Å². The van der Waals surface area contributed by atoms with Crippen molar-refractivity contribution in [3.8, 4) is 0 Å². The Labute approximate surface area is 259 Å². The second-order valence-corrected chi connectivity index (χ2v) is 14.8. The summed E-state index contributed by atoms with van der Waals surface area (Å²) in [6.07, 6.45) is 1.69. The molecule has 3 amide bonds. The number of piperidine rings is 1. The predicted molar refractivity (Wildman–Crippen MR) is 165 cm³/mol. The Kier molecular flexibility index (Phi) is 7.77.